The van der Waals surface area contributed by atoms with Crippen molar-refractivity contribution in [2.24, 2.45) is 0 Å². The summed E-state index contributed by atoms with van der Waals surface area (Å²) in [6.45, 7) is 3.96. The number of halogens is 3. The number of nitrogens with zero attached hydrogens (tertiary/aromatic N) is 3. The fraction of sp³-hybridized carbons (Fsp3) is 0.348. The van der Waals surface area contributed by atoms with Gasteiger partial charge in [-0.05, 0) is 62.2 Å². The van der Waals surface area contributed by atoms with Gasteiger partial charge in [-0.25, -0.2) is 4.79 Å². The van der Waals surface area contributed by atoms with Crippen LogP contribution in [0.15, 0.2) is 40.9 Å². The zero-order valence-corrected chi connectivity index (χ0v) is 21.8. The molecule has 6 nitrogen and oxygen atoms in total. The van der Waals surface area contributed by atoms with Crippen molar-refractivity contribution in [3.8, 4) is 11.4 Å². The van der Waals surface area contributed by atoms with Crippen LogP contribution in [0.25, 0.3) is 16.6 Å². The number of aromatic nitrogens is 1. The molecule has 0 spiro atoms. The molecule has 0 saturated heterocycles. The number of benzene rings is 2. The zero-order chi connectivity index (χ0) is 21.4. The molecule has 2 aromatic carbocycles. The van der Waals surface area contributed by atoms with Gasteiger partial charge in [0.05, 0.1) is 27.9 Å². The Hall–Kier alpha value is -1.77. The van der Waals surface area contributed by atoms with Crippen LogP contribution >= 0.6 is 40.7 Å². The summed E-state index contributed by atoms with van der Waals surface area (Å²) in [4.78, 5) is 17.4. The Balaban J connectivity index is 0.00000181. The van der Waals surface area contributed by atoms with E-state index in [1.807, 2.05) is 52.3 Å². The summed E-state index contributed by atoms with van der Waals surface area (Å²) < 4.78 is 14.6. The molecule has 0 atom stereocenters. The molecule has 2 heterocycles. The number of para-hydroxylation sites is 1. The number of rotatable bonds is 5. The third kappa shape index (κ3) is 4.77. The highest BCUT2D eigenvalue weighted by molar-refractivity contribution is 9.10. The molecule has 1 aliphatic rings. The van der Waals surface area contributed by atoms with E-state index in [9.17, 15) is 4.79 Å². The first-order valence-electron chi connectivity index (χ1n) is 9.99. The highest BCUT2D eigenvalue weighted by atomic mass is 79.9. The van der Waals surface area contributed by atoms with Gasteiger partial charge in [0.2, 0.25) is 0 Å². The van der Waals surface area contributed by atoms with Crippen molar-refractivity contribution >= 4 is 57.6 Å². The van der Waals surface area contributed by atoms with E-state index in [1.165, 1.54) is 0 Å². The fourth-order valence-electron chi connectivity index (χ4n) is 4.07. The quantitative estimate of drug-likeness (QED) is 0.410. The number of ether oxygens (including phenoxy) is 2. The van der Waals surface area contributed by atoms with Crippen molar-refractivity contribution in [1.29, 1.82) is 0 Å². The van der Waals surface area contributed by atoms with Gasteiger partial charge < -0.3 is 18.9 Å². The maximum atomic E-state index is 13.2. The first-order valence-corrected chi connectivity index (χ1v) is 10.8. The van der Waals surface area contributed by atoms with E-state index in [0.29, 0.717) is 32.0 Å². The predicted octanol–water partition coefficient (Wildman–Crippen LogP) is 5.26. The van der Waals surface area contributed by atoms with Gasteiger partial charge >= 0.3 is 5.97 Å². The zero-order valence-electron chi connectivity index (χ0n) is 18.6. The summed E-state index contributed by atoms with van der Waals surface area (Å²) in [5.74, 6) is 0.500. The van der Waals surface area contributed by atoms with Crippen LogP contribution in [0.1, 0.15) is 28.5 Å². The molecule has 0 saturated carbocycles. The molecule has 3 aromatic rings. The Kier molecular flexibility index (Phi) is 9.02. The van der Waals surface area contributed by atoms with Crippen LogP contribution in [0.4, 0.5) is 0 Å². The first-order chi connectivity index (χ1) is 14.4. The Bertz CT molecular complexity index is 1100. The summed E-state index contributed by atoms with van der Waals surface area (Å²) in [6.07, 6.45) is 0. The minimum atomic E-state index is -0.299. The minimum absolute atomic E-state index is 0. The smallest absolute Gasteiger partial charge is 0.340 e. The highest BCUT2D eigenvalue weighted by Crippen LogP contribution is 2.43. The second kappa shape index (κ2) is 10.9. The molecule has 0 bridgehead atoms. The van der Waals surface area contributed by atoms with Gasteiger partial charge in [0, 0.05) is 29.7 Å². The minimum Gasteiger partial charge on any atom is -0.477 e. The van der Waals surface area contributed by atoms with Crippen LogP contribution in [-0.4, -0.2) is 54.8 Å². The van der Waals surface area contributed by atoms with Gasteiger partial charge in [-0.1, -0.05) is 18.2 Å². The Morgan fingerprint density at radius 1 is 1.22 bits per heavy atom. The third-order valence-corrected chi connectivity index (χ3v) is 5.77. The molecular formula is C23H28BrCl2N3O3. The molecule has 0 radical (unpaired) electrons. The topological polar surface area (TPSA) is 46.9 Å². The van der Waals surface area contributed by atoms with E-state index in [4.69, 9.17) is 9.47 Å². The standard InChI is InChI=1S/C23H26BrN3O3.2ClH/c1-5-29-23(28)21-19(13-25(2)3)27(15-9-7-6-8-10-15)18-11-17(24)22-16(20(18)21)12-26(4)14-30-22;;/h6-11H,5,12-14H2,1-4H3;2*1H. The van der Waals surface area contributed by atoms with E-state index >= 15 is 0 Å². The van der Waals surface area contributed by atoms with Gasteiger partial charge in [-0.15, -0.1) is 24.8 Å². The molecule has 4 rings (SSSR count). The van der Waals surface area contributed by atoms with Crippen LogP contribution in [-0.2, 0) is 17.8 Å². The Morgan fingerprint density at radius 3 is 2.53 bits per heavy atom. The molecule has 9 heteroatoms. The van der Waals surface area contributed by atoms with Crippen LogP contribution in [0.3, 0.4) is 0 Å². The molecule has 0 fully saturated rings. The molecule has 174 valence electrons. The molecule has 0 unspecified atom stereocenters. The number of carbonyl (C=O) groups is 1. The summed E-state index contributed by atoms with van der Waals surface area (Å²) in [5.41, 5.74) is 4.50. The lowest BCUT2D eigenvalue weighted by molar-refractivity contribution is 0.0526. The van der Waals surface area contributed by atoms with E-state index < -0.39 is 0 Å². The largest absolute Gasteiger partial charge is 0.477 e. The highest BCUT2D eigenvalue weighted by Gasteiger charge is 2.31. The lowest BCUT2D eigenvalue weighted by atomic mass is 10.0. The van der Waals surface area contributed by atoms with Crippen molar-refractivity contribution in [3.63, 3.8) is 0 Å². The fourth-order valence-corrected chi connectivity index (χ4v) is 4.64. The maximum Gasteiger partial charge on any atom is 0.340 e. The van der Waals surface area contributed by atoms with Crippen molar-refractivity contribution < 1.29 is 14.3 Å². The molecule has 32 heavy (non-hydrogen) atoms. The van der Waals surface area contributed by atoms with Crippen molar-refractivity contribution in [1.82, 2.24) is 14.4 Å². The van der Waals surface area contributed by atoms with Gasteiger partial charge in [0.15, 0.2) is 0 Å². The summed E-state index contributed by atoms with van der Waals surface area (Å²) in [5, 5.41) is 0.902. The van der Waals surface area contributed by atoms with Gasteiger partial charge in [-0.2, -0.15) is 0 Å². The van der Waals surface area contributed by atoms with Crippen molar-refractivity contribution in [2.45, 2.75) is 20.0 Å². The van der Waals surface area contributed by atoms with Crippen LogP contribution in [0, 0.1) is 0 Å². The summed E-state index contributed by atoms with van der Waals surface area (Å²) in [7, 11) is 6.02. The van der Waals surface area contributed by atoms with Crippen LogP contribution in [0.2, 0.25) is 0 Å². The van der Waals surface area contributed by atoms with Gasteiger partial charge in [-0.3, -0.25) is 4.90 Å². The van der Waals surface area contributed by atoms with Crippen molar-refractivity contribution in [3.05, 3.63) is 57.7 Å². The molecule has 0 N–H and O–H groups in total. The number of carbonyl (C=O) groups excluding carboxylic acids is 1. The maximum absolute atomic E-state index is 13.2. The van der Waals surface area contributed by atoms with Crippen LogP contribution < -0.4 is 4.74 Å². The van der Waals surface area contributed by atoms with Gasteiger partial charge in [0.25, 0.3) is 0 Å². The van der Waals surface area contributed by atoms with Crippen LogP contribution in [0.5, 0.6) is 5.75 Å². The Morgan fingerprint density at radius 2 is 1.91 bits per heavy atom. The lowest BCUT2D eigenvalue weighted by Crippen LogP contribution is -2.28. The molecule has 1 aliphatic heterocycles. The molecule has 0 aliphatic carbocycles. The molecular weight excluding hydrogens is 517 g/mol. The monoisotopic (exact) mass is 543 g/mol. The summed E-state index contributed by atoms with van der Waals surface area (Å²) in [6, 6.07) is 12.2. The second-order valence-electron chi connectivity index (χ2n) is 7.80. The lowest BCUT2D eigenvalue weighted by Gasteiger charge is -2.27. The Labute approximate surface area is 209 Å². The number of fused-ring (bicyclic) bond motifs is 3. The van der Waals surface area contributed by atoms with E-state index in [0.717, 1.165) is 38.1 Å². The number of hydrogen-bond donors (Lipinski definition) is 0. The molecule has 1 aromatic heterocycles. The van der Waals surface area contributed by atoms with E-state index in [2.05, 4.69) is 42.4 Å². The predicted molar refractivity (Wildman–Crippen MR) is 136 cm³/mol. The third-order valence-electron chi connectivity index (χ3n) is 5.18. The second-order valence-corrected chi connectivity index (χ2v) is 8.65. The number of hydrogen-bond acceptors (Lipinski definition) is 5. The normalized spacial score (nSPS) is 13.2. The average molecular weight is 545 g/mol. The average Bonchev–Trinajstić information content (AvgIpc) is 3.02. The van der Waals surface area contributed by atoms with Gasteiger partial charge in [0.1, 0.15) is 12.5 Å². The first kappa shape index (κ1) is 26.5. The van der Waals surface area contributed by atoms with Crippen molar-refractivity contribution in [2.75, 3.05) is 34.5 Å². The molecule has 0 amide bonds. The van der Waals surface area contributed by atoms with E-state index in [-0.39, 0.29) is 30.8 Å². The van der Waals surface area contributed by atoms with E-state index in [1.54, 1.807) is 0 Å². The summed E-state index contributed by atoms with van der Waals surface area (Å²) >= 11 is 3.70. The SMILES string of the molecule is CCOC(=O)c1c(CN(C)C)n(-c2ccccc2)c2cc(Br)c3c(c12)CN(C)CO3.Cl.Cl. The number of esters is 1.